The molecule has 0 radical (unpaired) electrons. The van der Waals surface area contributed by atoms with Crippen molar-refractivity contribution < 1.29 is 19.0 Å². The molecule has 2 unspecified atom stereocenters. The summed E-state index contributed by atoms with van der Waals surface area (Å²) >= 11 is 3.38. The van der Waals surface area contributed by atoms with Gasteiger partial charge < -0.3 is 14.2 Å². The van der Waals surface area contributed by atoms with Gasteiger partial charge in [-0.3, -0.25) is 4.79 Å². The lowest BCUT2D eigenvalue weighted by Gasteiger charge is -2.33. The quantitative estimate of drug-likeness (QED) is 0.548. The standard InChI is InChI=1S/C19H19BrO4/c1-22-15-9-4-3-8-14(15)18-19(23-12-6-11-20)17(21)13-7-2-5-10-16(13)24-18/h2-5,7-10,18-19H,6,11-12H2,1H3. The highest BCUT2D eigenvalue weighted by Gasteiger charge is 2.40. The van der Waals surface area contributed by atoms with Crippen molar-refractivity contribution in [1.29, 1.82) is 0 Å². The van der Waals surface area contributed by atoms with E-state index >= 15 is 0 Å². The van der Waals surface area contributed by atoms with Gasteiger partial charge in [0.2, 0.25) is 0 Å². The van der Waals surface area contributed by atoms with E-state index in [9.17, 15) is 4.79 Å². The van der Waals surface area contributed by atoms with Crippen LogP contribution in [0.5, 0.6) is 11.5 Å². The molecule has 4 nitrogen and oxygen atoms in total. The number of para-hydroxylation sites is 2. The molecule has 0 amide bonds. The predicted molar refractivity (Wildman–Crippen MR) is 95.3 cm³/mol. The summed E-state index contributed by atoms with van der Waals surface area (Å²) in [6.45, 7) is 0.485. The number of rotatable bonds is 6. The number of methoxy groups -OCH3 is 1. The monoisotopic (exact) mass is 390 g/mol. The smallest absolute Gasteiger partial charge is 0.199 e. The van der Waals surface area contributed by atoms with Crippen LogP contribution in [0, 0.1) is 0 Å². The summed E-state index contributed by atoms with van der Waals surface area (Å²) in [5, 5.41) is 0.824. The second-order valence-electron chi connectivity index (χ2n) is 5.47. The van der Waals surface area contributed by atoms with Crippen LogP contribution in [0.15, 0.2) is 48.5 Å². The molecule has 2 aromatic carbocycles. The molecular formula is C19H19BrO4. The zero-order valence-electron chi connectivity index (χ0n) is 13.4. The van der Waals surface area contributed by atoms with Crippen LogP contribution in [0.1, 0.15) is 28.4 Å². The van der Waals surface area contributed by atoms with Crippen molar-refractivity contribution in [3.05, 3.63) is 59.7 Å². The Kier molecular flexibility index (Phi) is 5.53. The number of fused-ring (bicyclic) bond motifs is 1. The molecule has 0 saturated carbocycles. The van der Waals surface area contributed by atoms with Gasteiger partial charge in [-0.2, -0.15) is 0 Å². The molecular weight excluding hydrogens is 372 g/mol. The molecule has 0 saturated heterocycles. The normalized spacial score (nSPS) is 19.5. The number of hydrogen-bond donors (Lipinski definition) is 0. The van der Waals surface area contributed by atoms with E-state index in [2.05, 4.69) is 15.9 Å². The first-order chi connectivity index (χ1) is 11.8. The van der Waals surface area contributed by atoms with Gasteiger partial charge in [0.1, 0.15) is 11.5 Å². The number of halogens is 1. The highest BCUT2D eigenvalue weighted by Crippen LogP contribution is 2.39. The fraction of sp³-hybridized carbons (Fsp3) is 0.316. The molecule has 126 valence electrons. The van der Waals surface area contributed by atoms with Gasteiger partial charge in [-0.25, -0.2) is 0 Å². The molecule has 0 aromatic heterocycles. The number of Topliss-reactive ketones (excluding diaryl/α,β-unsaturated/α-hetero) is 1. The minimum Gasteiger partial charge on any atom is -0.496 e. The third kappa shape index (κ3) is 3.32. The van der Waals surface area contributed by atoms with Gasteiger partial charge in [0, 0.05) is 17.5 Å². The Labute approximate surface area is 149 Å². The van der Waals surface area contributed by atoms with Crippen LogP contribution in [-0.2, 0) is 4.74 Å². The zero-order valence-corrected chi connectivity index (χ0v) is 15.0. The first kappa shape index (κ1) is 17.0. The Bertz CT molecular complexity index is 716. The molecule has 1 aliphatic rings. The van der Waals surface area contributed by atoms with Crippen LogP contribution in [0.2, 0.25) is 0 Å². The minimum absolute atomic E-state index is 0.0534. The summed E-state index contributed by atoms with van der Waals surface area (Å²) in [6.07, 6.45) is -0.390. The summed E-state index contributed by atoms with van der Waals surface area (Å²) in [7, 11) is 1.61. The molecule has 1 heterocycles. The molecule has 5 heteroatoms. The van der Waals surface area contributed by atoms with Crippen molar-refractivity contribution in [1.82, 2.24) is 0 Å². The zero-order chi connectivity index (χ0) is 16.9. The van der Waals surface area contributed by atoms with E-state index in [4.69, 9.17) is 14.2 Å². The SMILES string of the molecule is COc1ccccc1C1Oc2ccccc2C(=O)C1OCCCBr. The predicted octanol–water partition coefficient (Wildman–Crippen LogP) is 4.18. The molecule has 1 aliphatic heterocycles. The molecule has 0 bridgehead atoms. The topological polar surface area (TPSA) is 44.8 Å². The first-order valence-electron chi connectivity index (χ1n) is 7.86. The van der Waals surface area contributed by atoms with Crippen LogP contribution < -0.4 is 9.47 Å². The van der Waals surface area contributed by atoms with E-state index in [-0.39, 0.29) is 5.78 Å². The van der Waals surface area contributed by atoms with E-state index in [0.29, 0.717) is 23.7 Å². The molecule has 2 atom stereocenters. The number of ether oxygens (including phenoxy) is 3. The summed E-state index contributed by atoms with van der Waals surface area (Å²) in [4.78, 5) is 12.9. The summed E-state index contributed by atoms with van der Waals surface area (Å²) in [5.74, 6) is 1.21. The molecule has 0 aliphatic carbocycles. The highest BCUT2D eigenvalue weighted by molar-refractivity contribution is 9.09. The van der Waals surface area contributed by atoms with Gasteiger partial charge in [-0.1, -0.05) is 46.3 Å². The van der Waals surface area contributed by atoms with Crippen molar-refractivity contribution in [3.8, 4) is 11.5 Å². The van der Waals surface area contributed by atoms with Crippen LogP contribution in [0.25, 0.3) is 0 Å². The lowest BCUT2D eigenvalue weighted by Crippen LogP contribution is -2.39. The number of ketones is 1. The number of hydrogen-bond acceptors (Lipinski definition) is 4. The van der Waals surface area contributed by atoms with Gasteiger partial charge in [-0.15, -0.1) is 0 Å². The van der Waals surface area contributed by atoms with Gasteiger partial charge in [-0.05, 0) is 24.6 Å². The number of carbonyl (C=O) groups excluding carboxylic acids is 1. The minimum atomic E-state index is -0.685. The Balaban J connectivity index is 1.99. The van der Waals surface area contributed by atoms with Crippen molar-refractivity contribution in [2.45, 2.75) is 18.6 Å². The summed E-state index contributed by atoms with van der Waals surface area (Å²) < 4.78 is 17.5. The van der Waals surface area contributed by atoms with E-state index in [1.165, 1.54) is 0 Å². The van der Waals surface area contributed by atoms with E-state index in [0.717, 1.165) is 17.3 Å². The number of carbonyl (C=O) groups is 1. The summed E-state index contributed by atoms with van der Waals surface area (Å²) in [5.41, 5.74) is 1.37. The van der Waals surface area contributed by atoms with Crippen molar-refractivity contribution >= 4 is 21.7 Å². The molecule has 24 heavy (non-hydrogen) atoms. The fourth-order valence-corrected chi connectivity index (χ4v) is 3.05. The summed E-state index contributed by atoms with van der Waals surface area (Å²) in [6, 6.07) is 14.8. The third-order valence-corrected chi connectivity index (χ3v) is 4.52. The molecule has 2 aromatic rings. The van der Waals surface area contributed by atoms with E-state index in [1.54, 1.807) is 13.2 Å². The molecule has 0 N–H and O–H groups in total. The number of benzene rings is 2. The van der Waals surface area contributed by atoms with Gasteiger partial charge in [0.05, 0.1) is 12.7 Å². The maximum absolute atomic E-state index is 12.9. The lowest BCUT2D eigenvalue weighted by atomic mass is 9.93. The van der Waals surface area contributed by atoms with Gasteiger partial charge >= 0.3 is 0 Å². The van der Waals surface area contributed by atoms with E-state index < -0.39 is 12.2 Å². The Hall–Kier alpha value is -1.85. The van der Waals surface area contributed by atoms with Crippen molar-refractivity contribution in [2.75, 3.05) is 19.0 Å². The van der Waals surface area contributed by atoms with Crippen LogP contribution in [0.3, 0.4) is 0 Å². The van der Waals surface area contributed by atoms with Crippen molar-refractivity contribution in [3.63, 3.8) is 0 Å². The van der Waals surface area contributed by atoms with Crippen LogP contribution in [0.4, 0.5) is 0 Å². The Morgan fingerprint density at radius 3 is 2.67 bits per heavy atom. The lowest BCUT2D eigenvalue weighted by molar-refractivity contribution is -0.0219. The highest BCUT2D eigenvalue weighted by atomic mass is 79.9. The van der Waals surface area contributed by atoms with Gasteiger partial charge in [0.15, 0.2) is 18.0 Å². The average Bonchev–Trinajstić information content (AvgIpc) is 2.63. The Morgan fingerprint density at radius 2 is 1.88 bits per heavy atom. The first-order valence-corrected chi connectivity index (χ1v) is 8.98. The number of alkyl halides is 1. The van der Waals surface area contributed by atoms with Gasteiger partial charge in [0.25, 0.3) is 0 Å². The van der Waals surface area contributed by atoms with E-state index in [1.807, 2.05) is 42.5 Å². The van der Waals surface area contributed by atoms with Crippen LogP contribution >= 0.6 is 15.9 Å². The Morgan fingerprint density at radius 1 is 1.12 bits per heavy atom. The van der Waals surface area contributed by atoms with Crippen molar-refractivity contribution in [2.24, 2.45) is 0 Å². The molecule has 0 fully saturated rings. The second-order valence-corrected chi connectivity index (χ2v) is 6.27. The average molecular weight is 391 g/mol. The van der Waals surface area contributed by atoms with Crippen LogP contribution in [-0.4, -0.2) is 30.9 Å². The molecule has 0 spiro atoms. The second kappa shape index (κ2) is 7.81. The molecule has 3 rings (SSSR count). The largest absolute Gasteiger partial charge is 0.496 e. The maximum Gasteiger partial charge on any atom is 0.199 e. The fourth-order valence-electron chi connectivity index (χ4n) is 2.82. The maximum atomic E-state index is 12.9. The third-order valence-electron chi connectivity index (χ3n) is 3.96.